The van der Waals surface area contributed by atoms with Gasteiger partial charge in [-0.3, -0.25) is 4.90 Å². The van der Waals surface area contributed by atoms with Crippen molar-refractivity contribution in [2.45, 2.75) is 43.7 Å². The number of hydrogen-bond acceptors (Lipinski definition) is 3. The van der Waals surface area contributed by atoms with Crippen molar-refractivity contribution in [1.82, 2.24) is 10.2 Å². The van der Waals surface area contributed by atoms with E-state index in [1.54, 1.807) is 0 Å². The number of likely N-dealkylation sites (tertiary alicyclic amines) is 1. The average Bonchev–Trinajstić information content (AvgIpc) is 2.87. The standard InChI is InChI=1S/C14H24N2O/c1-3-14(4-1)6-13(2-5-17-14)16-9-11-7-15-8-12(11)10-16/h11-13,15H,1-10H2. The number of rotatable bonds is 1. The quantitative estimate of drug-likeness (QED) is 0.741. The Bertz CT molecular complexity index is 291. The summed E-state index contributed by atoms with van der Waals surface area (Å²) in [5.74, 6) is 1.88. The van der Waals surface area contributed by atoms with E-state index in [1.165, 1.54) is 58.3 Å². The van der Waals surface area contributed by atoms with Crippen LogP contribution in [0.1, 0.15) is 32.1 Å². The van der Waals surface area contributed by atoms with Crippen LogP contribution in [0.4, 0.5) is 0 Å². The van der Waals surface area contributed by atoms with Crippen molar-refractivity contribution in [2.75, 3.05) is 32.8 Å². The molecule has 3 nitrogen and oxygen atoms in total. The molecule has 1 N–H and O–H groups in total. The Morgan fingerprint density at radius 1 is 1.12 bits per heavy atom. The zero-order chi connectivity index (χ0) is 11.3. The maximum Gasteiger partial charge on any atom is 0.0697 e. The highest BCUT2D eigenvalue weighted by Crippen LogP contribution is 2.44. The lowest BCUT2D eigenvalue weighted by Crippen LogP contribution is -2.52. The number of fused-ring (bicyclic) bond motifs is 1. The lowest BCUT2D eigenvalue weighted by molar-refractivity contribution is -0.147. The third kappa shape index (κ3) is 1.74. The molecule has 1 spiro atoms. The third-order valence-electron chi connectivity index (χ3n) is 5.67. The highest BCUT2D eigenvalue weighted by Gasteiger charge is 2.46. The molecule has 17 heavy (non-hydrogen) atoms. The summed E-state index contributed by atoms with van der Waals surface area (Å²) in [6.45, 7) is 6.22. The summed E-state index contributed by atoms with van der Waals surface area (Å²) in [7, 11) is 0. The van der Waals surface area contributed by atoms with Gasteiger partial charge in [-0.25, -0.2) is 0 Å². The van der Waals surface area contributed by atoms with Gasteiger partial charge in [0.25, 0.3) is 0 Å². The molecule has 3 aliphatic heterocycles. The summed E-state index contributed by atoms with van der Waals surface area (Å²) in [5.41, 5.74) is 0.318. The second-order valence-electron chi connectivity index (χ2n) is 6.66. The number of nitrogens with one attached hydrogen (secondary N) is 1. The van der Waals surface area contributed by atoms with E-state index in [0.717, 1.165) is 24.5 Å². The minimum Gasteiger partial charge on any atom is -0.375 e. The van der Waals surface area contributed by atoms with Crippen molar-refractivity contribution in [3.63, 3.8) is 0 Å². The van der Waals surface area contributed by atoms with E-state index in [9.17, 15) is 0 Å². The average molecular weight is 236 g/mol. The second kappa shape index (κ2) is 3.94. The maximum atomic E-state index is 6.05. The number of hydrogen-bond donors (Lipinski definition) is 1. The van der Waals surface area contributed by atoms with Crippen molar-refractivity contribution in [3.05, 3.63) is 0 Å². The van der Waals surface area contributed by atoms with Gasteiger partial charge in [-0.1, -0.05) is 0 Å². The minimum absolute atomic E-state index is 0.318. The van der Waals surface area contributed by atoms with Crippen LogP contribution in [0.15, 0.2) is 0 Å². The molecule has 1 saturated carbocycles. The van der Waals surface area contributed by atoms with Crippen molar-refractivity contribution in [2.24, 2.45) is 11.8 Å². The maximum absolute atomic E-state index is 6.05. The first-order chi connectivity index (χ1) is 8.35. The van der Waals surface area contributed by atoms with E-state index in [1.807, 2.05) is 0 Å². The topological polar surface area (TPSA) is 24.5 Å². The zero-order valence-electron chi connectivity index (χ0n) is 10.7. The molecule has 3 saturated heterocycles. The predicted octanol–water partition coefficient (Wildman–Crippen LogP) is 1.24. The number of ether oxygens (including phenoxy) is 1. The van der Waals surface area contributed by atoms with Gasteiger partial charge in [0.1, 0.15) is 0 Å². The van der Waals surface area contributed by atoms with Crippen LogP contribution in [0.3, 0.4) is 0 Å². The Labute approximate surface area is 104 Å². The highest BCUT2D eigenvalue weighted by molar-refractivity contribution is 5.00. The van der Waals surface area contributed by atoms with Crippen molar-refractivity contribution < 1.29 is 4.74 Å². The lowest BCUT2D eigenvalue weighted by atomic mass is 9.73. The van der Waals surface area contributed by atoms with Gasteiger partial charge in [-0.15, -0.1) is 0 Å². The van der Waals surface area contributed by atoms with Gasteiger partial charge in [0.05, 0.1) is 5.60 Å². The van der Waals surface area contributed by atoms with Crippen LogP contribution < -0.4 is 5.32 Å². The summed E-state index contributed by atoms with van der Waals surface area (Å²) in [6.07, 6.45) is 6.63. The highest BCUT2D eigenvalue weighted by atomic mass is 16.5. The molecule has 3 unspecified atom stereocenters. The smallest absolute Gasteiger partial charge is 0.0697 e. The Kier molecular flexibility index (Phi) is 2.50. The van der Waals surface area contributed by atoms with Gasteiger partial charge < -0.3 is 10.1 Å². The first-order valence-electron chi connectivity index (χ1n) is 7.43. The number of nitrogens with zero attached hydrogens (tertiary/aromatic N) is 1. The molecule has 0 aromatic heterocycles. The summed E-state index contributed by atoms with van der Waals surface area (Å²) >= 11 is 0. The Balaban J connectivity index is 1.42. The van der Waals surface area contributed by atoms with E-state index >= 15 is 0 Å². The van der Waals surface area contributed by atoms with E-state index in [0.29, 0.717) is 5.60 Å². The third-order valence-corrected chi connectivity index (χ3v) is 5.67. The van der Waals surface area contributed by atoms with Crippen LogP contribution in [-0.2, 0) is 4.74 Å². The van der Waals surface area contributed by atoms with Crippen LogP contribution in [0.25, 0.3) is 0 Å². The van der Waals surface area contributed by atoms with Crippen LogP contribution in [0, 0.1) is 11.8 Å². The SMILES string of the molecule is C1CC2(C1)CC(N1CC3CNCC3C1)CCO2. The molecule has 0 aromatic carbocycles. The molecule has 4 fully saturated rings. The van der Waals surface area contributed by atoms with Crippen LogP contribution in [0.2, 0.25) is 0 Å². The zero-order valence-corrected chi connectivity index (χ0v) is 10.7. The van der Waals surface area contributed by atoms with Crippen LogP contribution >= 0.6 is 0 Å². The van der Waals surface area contributed by atoms with Crippen molar-refractivity contribution in [1.29, 1.82) is 0 Å². The van der Waals surface area contributed by atoms with Gasteiger partial charge in [0.2, 0.25) is 0 Å². The summed E-state index contributed by atoms with van der Waals surface area (Å²) in [4.78, 5) is 2.79. The van der Waals surface area contributed by atoms with Crippen LogP contribution in [-0.4, -0.2) is 49.3 Å². The van der Waals surface area contributed by atoms with E-state index in [-0.39, 0.29) is 0 Å². The molecule has 0 radical (unpaired) electrons. The Hall–Kier alpha value is -0.120. The van der Waals surface area contributed by atoms with E-state index in [4.69, 9.17) is 4.74 Å². The molecule has 0 amide bonds. The molecular formula is C14H24N2O. The summed E-state index contributed by atoms with van der Waals surface area (Å²) in [6, 6.07) is 0.828. The van der Waals surface area contributed by atoms with Crippen molar-refractivity contribution in [3.8, 4) is 0 Å². The van der Waals surface area contributed by atoms with E-state index in [2.05, 4.69) is 10.2 Å². The first kappa shape index (κ1) is 10.8. The van der Waals surface area contributed by atoms with Gasteiger partial charge in [-0.05, 0) is 57.0 Å². The molecule has 3 heteroatoms. The summed E-state index contributed by atoms with van der Waals surface area (Å²) in [5, 5.41) is 3.53. The van der Waals surface area contributed by atoms with Crippen molar-refractivity contribution >= 4 is 0 Å². The second-order valence-corrected chi connectivity index (χ2v) is 6.66. The van der Waals surface area contributed by atoms with Gasteiger partial charge in [0, 0.05) is 25.7 Å². The normalized spacial score (nSPS) is 44.8. The largest absolute Gasteiger partial charge is 0.375 e. The predicted molar refractivity (Wildman–Crippen MR) is 67.0 cm³/mol. The van der Waals surface area contributed by atoms with Crippen LogP contribution in [0.5, 0.6) is 0 Å². The fraction of sp³-hybridized carbons (Fsp3) is 1.00. The Morgan fingerprint density at radius 3 is 2.53 bits per heavy atom. The Morgan fingerprint density at radius 2 is 1.88 bits per heavy atom. The molecule has 4 aliphatic rings. The summed E-state index contributed by atoms with van der Waals surface area (Å²) < 4.78 is 6.05. The molecule has 4 rings (SSSR count). The molecular weight excluding hydrogens is 212 g/mol. The molecule has 1 aliphatic carbocycles. The van der Waals surface area contributed by atoms with Gasteiger partial charge in [0.15, 0.2) is 0 Å². The molecule has 0 bridgehead atoms. The molecule has 96 valence electrons. The monoisotopic (exact) mass is 236 g/mol. The van der Waals surface area contributed by atoms with E-state index < -0.39 is 0 Å². The molecule has 3 heterocycles. The fourth-order valence-electron chi connectivity index (χ4n) is 4.42. The molecule has 0 aromatic rings. The fourth-order valence-corrected chi connectivity index (χ4v) is 4.42. The minimum atomic E-state index is 0.318. The van der Waals surface area contributed by atoms with Gasteiger partial charge >= 0.3 is 0 Å². The lowest BCUT2D eigenvalue weighted by Gasteiger charge is -2.49. The molecule has 3 atom stereocenters. The van der Waals surface area contributed by atoms with Gasteiger partial charge in [-0.2, -0.15) is 0 Å². The first-order valence-corrected chi connectivity index (χ1v) is 7.43.